The van der Waals surface area contributed by atoms with Crippen LogP contribution in [0.4, 0.5) is 0 Å². The van der Waals surface area contributed by atoms with Crippen LogP contribution in [0.1, 0.15) is 74.7 Å². The third-order valence-corrected chi connectivity index (χ3v) is 19.0. The minimum atomic E-state index is -0.905. The number of hydrogen-bond donors (Lipinski definition) is 1. The second-order valence-electron chi connectivity index (χ2n) is 7.87. The average molecular weight is 658 g/mol. The van der Waals surface area contributed by atoms with Gasteiger partial charge < -0.3 is 24.3 Å². The summed E-state index contributed by atoms with van der Waals surface area (Å²) in [5.41, 5.74) is 0. The van der Waals surface area contributed by atoms with E-state index in [1.54, 1.807) is 45.5 Å². The number of carbonyl (C=O) groups is 1. The van der Waals surface area contributed by atoms with Gasteiger partial charge in [0.1, 0.15) is 28.6 Å². The van der Waals surface area contributed by atoms with Crippen LogP contribution >= 0.6 is 55.7 Å². The summed E-state index contributed by atoms with van der Waals surface area (Å²) in [4.78, 5) is 13.1. The molecule has 6 nitrogen and oxygen atoms in total. The van der Waals surface area contributed by atoms with Crippen molar-refractivity contribution in [3.8, 4) is 0 Å². The van der Waals surface area contributed by atoms with Crippen molar-refractivity contribution in [2.45, 2.75) is 84.9 Å². The van der Waals surface area contributed by atoms with E-state index in [1.807, 2.05) is 41.5 Å². The molecule has 0 rings (SSSR count). The molecule has 0 heterocycles. The van der Waals surface area contributed by atoms with E-state index < -0.39 is 20.4 Å². The zero-order valence-electron chi connectivity index (χ0n) is 22.9. The van der Waals surface area contributed by atoms with E-state index in [2.05, 4.69) is 19.2 Å². The average Bonchev–Trinajstić information content (AvgIpc) is 2.81. The first kappa shape index (κ1) is 37.8. The smallest absolute Gasteiger partial charge is 0.324 e. The van der Waals surface area contributed by atoms with Crippen LogP contribution in [-0.2, 0) is 47.4 Å². The maximum atomic E-state index is 13.1. The van der Waals surface area contributed by atoms with Crippen LogP contribution in [0.25, 0.3) is 0 Å². The summed E-state index contributed by atoms with van der Waals surface area (Å²) >= 11 is 17.8. The Morgan fingerprint density at radius 2 is 1.22 bits per heavy atom. The van der Waals surface area contributed by atoms with Gasteiger partial charge in [-0.25, -0.2) is 0 Å². The second kappa shape index (κ2) is 21.5. The Hall–Kier alpha value is 1.75. The van der Waals surface area contributed by atoms with Crippen molar-refractivity contribution in [1.29, 1.82) is 0 Å². The lowest BCUT2D eigenvalue weighted by atomic mass is 9.98. The highest BCUT2D eigenvalue weighted by Crippen LogP contribution is 2.59. The molecular weight excluding hydrogens is 613 g/mol. The number of ether oxygens (including phenoxy) is 4. The molecule has 1 amide bonds. The van der Waals surface area contributed by atoms with Gasteiger partial charge in [0, 0.05) is 39.3 Å². The van der Waals surface area contributed by atoms with E-state index in [4.69, 9.17) is 42.6 Å². The Balaban J connectivity index is 4.93. The summed E-state index contributed by atoms with van der Waals surface area (Å²) in [6.45, 7) is 18.5. The van der Waals surface area contributed by atoms with Gasteiger partial charge in [0.25, 0.3) is 10.2 Å². The highest BCUT2D eigenvalue weighted by Gasteiger charge is 2.41. The molecule has 0 aliphatic carbocycles. The summed E-state index contributed by atoms with van der Waals surface area (Å²) in [5.74, 6) is 1.52. The van der Waals surface area contributed by atoms with E-state index in [0.29, 0.717) is 50.4 Å². The summed E-state index contributed by atoms with van der Waals surface area (Å²) in [7, 11) is 0. The van der Waals surface area contributed by atoms with E-state index in [1.165, 1.54) is 0 Å². The lowest BCUT2D eigenvalue weighted by Gasteiger charge is -2.26. The van der Waals surface area contributed by atoms with Crippen molar-refractivity contribution in [3.05, 3.63) is 0 Å². The van der Waals surface area contributed by atoms with Crippen molar-refractivity contribution < 1.29 is 23.7 Å². The number of amides is 1. The normalized spacial score (nSPS) is 14.1. The van der Waals surface area contributed by atoms with E-state index in [0.717, 1.165) is 12.8 Å². The molecule has 0 saturated carbocycles. The van der Waals surface area contributed by atoms with Crippen LogP contribution in [0.5, 0.6) is 0 Å². The molecule has 0 radical (unpaired) electrons. The maximum Gasteiger partial charge on any atom is 0.324 e. The first-order valence-corrected chi connectivity index (χ1v) is 23.2. The fraction of sp³-hybridized carbons (Fsp3) is 0.955. The Morgan fingerprint density at radius 1 is 0.806 bits per heavy atom. The van der Waals surface area contributed by atoms with Crippen molar-refractivity contribution in [1.82, 2.24) is 5.32 Å². The van der Waals surface area contributed by atoms with E-state index in [-0.39, 0.29) is 11.8 Å². The summed E-state index contributed by atoms with van der Waals surface area (Å²) in [6.07, 6.45) is 2.24. The van der Waals surface area contributed by atoms with Crippen LogP contribution in [0, 0.1) is 11.8 Å². The number of rotatable bonds is 23. The zero-order valence-corrected chi connectivity index (χ0v) is 29.6. The predicted octanol–water partition coefficient (Wildman–Crippen LogP) is 8.48. The molecule has 0 aliphatic rings. The quantitative estimate of drug-likeness (QED) is 0.0850. The zero-order chi connectivity index (χ0) is 27.6. The molecule has 0 fully saturated rings. The van der Waals surface area contributed by atoms with Crippen molar-refractivity contribution in [2.75, 3.05) is 38.1 Å². The summed E-state index contributed by atoms with van der Waals surface area (Å²) in [5, 5.41) is -0.115. The largest absolute Gasteiger partial charge is 0.343 e. The molecule has 3 unspecified atom stereocenters. The molecule has 3 atom stereocenters. The molecule has 212 valence electrons. The van der Waals surface area contributed by atoms with Gasteiger partial charge >= 0.3 is 10.2 Å². The third-order valence-electron chi connectivity index (χ3n) is 4.67. The van der Waals surface area contributed by atoms with Crippen LogP contribution < -0.4 is 5.32 Å². The van der Waals surface area contributed by atoms with E-state index in [9.17, 15) is 4.79 Å². The molecular formula is C22H45NO5P2S6+2. The maximum absolute atomic E-state index is 13.1. The van der Waals surface area contributed by atoms with Gasteiger partial charge in [0.2, 0.25) is 5.91 Å². The lowest BCUT2D eigenvalue weighted by molar-refractivity contribution is -0.165. The molecule has 14 heteroatoms. The van der Waals surface area contributed by atoms with Crippen LogP contribution in [0.15, 0.2) is 0 Å². The number of carbonyl (C=O) groups excluding carboxylic acids is 1. The molecule has 0 bridgehead atoms. The Bertz CT molecular complexity index is 650. The summed E-state index contributed by atoms with van der Waals surface area (Å²) in [6, 6.07) is 0. The van der Waals surface area contributed by atoms with Gasteiger partial charge in [-0.3, -0.25) is 4.79 Å². The van der Waals surface area contributed by atoms with Gasteiger partial charge in [-0.2, -0.15) is 0 Å². The Labute approximate surface area is 247 Å². The standard InChI is InChI=1S/C22H44NO5P2S6/c1-9-21(25-11-3,26-12-4)35-29(31)33-16-19(15-18(7)8)20(24)23-17-34-30(32)36-22(10-2,27-13-5)28-14-6/h18-19H,9-17H2,1-8H3/q+1/p+1. The van der Waals surface area contributed by atoms with E-state index >= 15 is 0 Å². The third kappa shape index (κ3) is 15.5. The summed E-state index contributed by atoms with van der Waals surface area (Å²) < 4.78 is 23.6. The molecule has 0 aromatic heterocycles. The second-order valence-corrected chi connectivity index (χ2v) is 24.9. The monoisotopic (exact) mass is 657 g/mol. The SMILES string of the molecule is CCOC(CC)(OCC)S[P+](=S)SCNC(=O)C(CS[P+](=S)SC(CC)(OCC)OCC)CC(C)C. The van der Waals surface area contributed by atoms with Gasteiger partial charge in [0.05, 0.1) is 11.7 Å². The Morgan fingerprint density at radius 3 is 1.58 bits per heavy atom. The highest BCUT2D eigenvalue weighted by molar-refractivity contribution is 8.94. The van der Waals surface area contributed by atoms with Gasteiger partial charge in [-0.15, -0.1) is 0 Å². The minimum Gasteiger partial charge on any atom is -0.343 e. The molecule has 36 heavy (non-hydrogen) atoms. The van der Waals surface area contributed by atoms with Crippen molar-refractivity contribution >= 4 is 85.2 Å². The topological polar surface area (TPSA) is 66.0 Å². The molecule has 1 N–H and O–H groups in total. The number of hydrogen-bond acceptors (Lipinski definition) is 11. The first-order chi connectivity index (χ1) is 17.1. The minimum absolute atomic E-state index is 0.0586. The van der Waals surface area contributed by atoms with Gasteiger partial charge in [-0.1, -0.05) is 27.7 Å². The van der Waals surface area contributed by atoms with Crippen molar-refractivity contribution in [2.24, 2.45) is 11.8 Å². The lowest BCUT2D eigenvalue weighted by Crippen LogP contribution is -2.33. The predicted molar refractivity (Wildman–Crippen MR) is 172 cm³/mol. The van der Waals surface area contributed by atoms with Crippen LogP contribution in [0.3, 0.4) is 0 Å². The molecule has 0 saturated heterocycles. The fourth-order valence-corrected chi connectivity index (χ4v) is 17.1. The molecule has 0 aliphatic heterocycles. The van der Waals surface area contributed by atoms with Gasteiger partial charge in [0.15, 0.2) is 46.4 Å². The highest BCUT2D eigenvalue weighted by atomic mass is 33.2. The van der Waals surface area contributed by atoms with Crippen LogP contribution in [-0.4, -0.2) is 54.2 Å². The van der Waals surface area contributed by atoms with Crippen molar-refractivity contribution in [3.63, 3.8) is 0 Å². The first-order valence-electron chi connectivity index (χ1n) is 12.5. The molecule has 0 spiro atoms. The number of nitrogens with one attached hydrogen (secondary N) is 1. The van der Waals surface area contributed by atoms with Crippen LogP contribution in [0.2, 0.25) is 0 Å². The van der Waals surface area contributed by atoms with Gasteiger partial charge in [-0.05, 0) is 40.0 Å². The fourth-order valence-electron chi connectivity index (χ4n) is 3.16. The molecule has 0 aromatic rings. The molecule has 0 aromatic carbocycles. The Kier molecular flexibility index (Phi) is 22.5.